The summed E-state index contributed by atoms with van der Waals surface area (Å²) in [6.07, 6.45) is 1.49. The van der Waals surface area contributed by atoms with Crippen molar-refractivity contribution in [2.75, 3.05) is 13.6 Å². The van der Waals surface area contributed by atoms with Gasteiger partial charge in [0.1, 0.15) is 12.3 Å². The van der Waals surface area contributed by atoms with E-state index in [1.807, 2.05) is 0 Å². The van der Waals surface area contributed by atoms with Gasteiger partial charge >= 0.3 is 5.97 Å². The van der Waals surface area contributed by atoms with Crippen LogP contribution in [0.2, 0.25) is 0 Å². The van der Waals surface area contributed by atoms with Crippen molar-refractivity contribution in [1.82, 2.24) is 9.88 Å². The van der Waals surface area contributed by atoms with Crippen molar-refractivity contribution in [2.24, 2.45) is 0 Å². The second kappa shape index (κ2) is 5.60. The number of aryl methyl sites for hydroxylation is 1. The molecular formula is C13H14N2O5. The Morgan fingerprint density at radius 1 is 1.45 bits per heavy atom. The van der Waals surface area contributed by atoms with E-state index in [1.165, 1.54) is 13.3 Å². The van der Waals surface area contributed by atoms with Crippen molar-refractivity contribution in [3.8, 4) is 11.7 Å². The molecule has 2 heterocycles. The zero-order valence-electron chi connectivity index (χ0n) is 11.1. The van der Waals surface area contributed by atoms with Crippen LogP contribution in [0.25, 0.3) is 11.7 Å². The number of furan rings is 1. The third-order valence-corrected chi connectivity index (χ3v) is 2.74. The van der Waals surface area contributed by atoms with E-state index >= 15 is 0 Å². The van der Waals surface area contributed by atoms with E-state index < -0.39 is 5.97 Å². The van der Waals surface area contributed by atoms with Crippen LogP contribution in [-0.4, -0.2) is 40.5 Å². The first-order valence-corrected chi connectivity index (χ1v) is 5.93. The summed E-state index contributed by atoms with van der Waals surface area (Å²) in [5, 5.41) is 8.64. The molecule has 0 aromatic carbocycles. The van der Waals surface area contributed by atoms with Crippen LogP contribution in [0.1, 0.15) is 11.5 Å². The maximum absolute atomic E-state index is 11.9. The molecule has 20 heavy (non-hydrogen) atoms. The molecule has 0 saturated carbocycles. The third-order valence-electron chi connectivity index (χ3n) is 2.74. The van der Waals surface area contributed by atoms with Crippen LogP contribution < -0.4 is 0 Å². The summed E-state index contributed by atoms with van der Waals surface area (Å²) in [6.45, 7) is 1.35. The van der Waals surface area contributed by atoms with E-state index in [0.717, 1.165) is 4.90 Å². The molecular weight excluding hydrogens is 264 g/mol. The van der Waals surface area contributed by atoms with Crippen molar-refractivity contribution < 1.29 is 23.5 Å². The summed E-state index contributed by atoms with van der Waals surface area (Å²) < 4.78 is 10.6. The average molecular weight is 278 g/mol. The maximum atomic E-state index is 11.9. The fraction of sp³-hybridized carbons (Fsp3) is 0.308. The summed E-state index contributed by atoms with van der Waals surface area (Å²) >= 11 is 0. The molecule has 0 fully saturated rings. The Morgan fingerprint density at radius 3 is 2.80 bits per heavy atom. The molecule has 106 valence electrons. The van der Waals surface area contributed by atoms with Gasteiger partial charge in [-0.3, -0.25) is 9.59 Å². The number of nitrogens with zero attached hydrogens (tertiary/aromatic N) is 2. The minimum absolute atomic E-state index is 0.0141. The van der Waals surface area contributed by atoms with Gasteiger partial charge in [0.05, 0.1) is 18.4 Å². The molecule has 1 N–H and O–H groups in total. The molecule has 0 aliphatic rings. The number of carboxylic acid groups (broad SMARTS) is 1. The number of carboxylic acids is 1. The largest absolute Gasteiger partial charge is 0.480 e. The quantitative estimate of drug-likeness (QED) is 0.886. The predicted molar refractivity (Wildman–Crippen MR) is 67.9 cm³/mol. The number of oxazole rings is 1. The molecule has 0 saturated heterocycles. The lowest BCUT2D eigenvalue weighted by Crippen LogP contribution is -2.33. The molecule has 7 nitrogen and oxygen atoms in total. The fourth-order valence-corrected chi connectivity index (χ4v) is 1.67. The van der Waals surface area contributed by atoms with Crippen LogP contribution in [0.15, 0.2) is 27.2 Å². The highest BCUT2D eigenvalue weighted by Crippen LogP contribution is 2.22. The van der Waals surface area contributed by atoms with Gasteiger partial charge in [-0.2, -0.15) is 0 Å². The molecule has 2 rings (SSSR count). The topological polar surface area (TPSA) is 96.8 Å². The van der Waals surface area contributed by atoms with Gasteiger partial charge in [0.2, 0.25) is 5.91 Å². The Balaban J connectivity index is 2.10. The molecule has 0 radical (unpaired) electrons. The highest BCUT2D eigenvalue weighted by atomic mass is 16.4. The Hall–Kier alpha value is -2.57. The summed E-state index contributed by atoms with van der Waals surface area (Å²) in [6, 6.07) is 3.41. The second-order valence-corrected chi connectivity index (χ2v) is 4.32. The van der Waals surface area contributed by atoms with Crippen molar-refractivity contribution >= 4 is 11.9 Å². The van der Waals surface area contributed by atoms with Crippen molar-refractivity contribution in [1.29, 1.82) is 0 Å². The van der Waals surface area contributed by atoms with E-state index in [1.54, 1.807) is 19.1 Å². The number of aliphatic carboxylic acids is 1. The second-order valence-electron chi connectivity index (χ2n) is 4.32. The molecule has 0 unspecified atom stereocenters. The predicted octanol–water partition coefficient (Wildman–Crippen LogP) is 1.33. The van der Waals surface area contributed by atoms with Gasteiger partial charge in [0.25, 0.3) is 5.89 Å². The first-order valence-electron chi connectivity index (χ1n) is 5.93. The van der Waals surface area contributed by atoms with Gasteiger partial charge < -0.3 is 18.8 Å². The van der Waals surface area contributed by atoms with E-state index in [2.05, 4.69) is 4.98 Å². The average Bonchev–Trinajstić information content (AvgIpc) is 2.98. The third kappa shape index (κ3) is 3.05. The molecule has 0 aliphatic heterocycles. The number of aromatic nitrogens is 1. The Kier molecular flexibility index (Phi) is 3.88. The van der Waals surface area contributed by atoms with Crippen molar-refractivity contribution in [3.63, 3.8) is 0 Å². The summed E-state index contributed by atoms with van der Waals surface area (Å²) in [7, 11) is 1.43. The molecule has 0 spiro atoms. The lowest BCUT2D eigenvalue weighted by Gasteiger charge is -2.13. The highest BCUT2D eigenvalue weighted by Gasteiger charge is 2.19. The summed E-state index contributed by atoms with van der Waals surface area (Å²) in [5.41, 5.74) is 0.471. The molecule has 2 aromatic rings. The van der Waals surface area contributed by atoms with Crippen LogP contribution in [0.4, 0.5) is 0 Å². The number of hydrogen-bond donors (Lipinski definition) is 1. The standard InChI is InChI=1S/C13H14N2O5/c1-8-9(6-11(16)15(2)7-12(17)18)14-13(20-8)10-4-3-5-19-10/h3-5H,6-7H2,1-2H3,(H,17,18). The fourth-order valence-electron chi connectivity index (χ4n) is 1.67. The Labute approximate surface area is 114 Å². The van der Waals surface area contributed by atoms with Crippen molar-refractivity contribution in [3.05, 3.63) is 29.9 Å². The number of carbonyl (C=O) groups is 2. The molecule has 0 bridgehead atoms. The molecule has 0 atom stereocenters. The number of carbonyl (C=O) groups excluding carboxylic acids is 1. The number of hydrogen-bond acceptors (Lipinski definition) is 5. The lowest BCUT2D eigenvalue weighted by atomic mass is 10.2. The van der Waals surface area contributed by atoms with Gasteiger partial charge in [-0.25, -0.2) is 4.98 Å². The maximum Gasteiger partial charge on any atom is 0.323 e. The van der Waals surface area contributed by atoms with Crippen LogP contribution >= 0.6 is 0 Å². The smallest absolute Gasteiger partial charge is 0.323 e. The number of amides is 1. The van der Waals surface area contributed by atoms with Gasteiger partial charge in [-0.15, -0.1) is 0 Å². The number of rotatable bonds is 5. The van der Waals surface area contributed by atoms with Gasteiger partial charge in [-0.1, -0.05) is 0 Å². The Bertz CT molecular complexity index is 615. The lowest BCUT2D eigenvalue weighted by molar-refractivity contribution is -0.143. The Morgan fingerprint density at radius 2 is 2.20 bits per heavy atom. The van der Waals surface area contributed by atoms with Crippen LogP contribution in [0.5, 0.6) is 0 Å². The molecule has 0 aliphatic carbocycles. The van der Waals surface area contributed by atoms with Crippen LogP contribution in [-0.2, 0) is 16.0 Å². The van der Waals surface area contributed by atoms with E-state index in [0.29, 0.717) is 23.1 Å². The monoisotopic (exact) mass is 278 g/mol. The minimum Gasteiger partial charge on any atom is -0.480 e. The van der Waals surface area contributed by atoms with Crippen LogP contribution in [0, 0.1) is 6.92 Å². The molecule has 7 heteroatoms. The van der Waals surface area contributed by atoms with Crippen LogP contribution in [0.3, 0.4) is 0 Å². The van der Waals surface area contributed by atoms with E-state index in [-0.39, 0.29) is 18.9 Å². The van der Waals surface area contributed by atoms with E-state index in [4.69, 9.17) is 13.9 Å². The van der Waals surface area contributed by atoms with Crippen molar-refractivity contribution in [2.45, 2.75) is 13.3 Å². The molecule has 2 aromatic heterocycles. The first kappa shape index (κ1) is 13.9. The normalized spacial score (nSPS) is 10.5. The molecule has 1 amide bonds. The minimum atomic E-state index is -1.06. The number of likely N-dealkylation sites (N-methyl/N-ethyl adjacent to an activating group) is 1. The van der Waals surface area contributed by atoms with Gasteiger partial charge in [-0.05, 0) is 19.1 Å². The first-order chi connectivity index (χ1) is 9.47. The SMILES string of the molecule is Cc1oc(-c2ccco2)nc1CC(=O)N(C)CC(=O)O. The summed E-state index contributed by atoms with van der Waals surface area (Å²) in [4.78, 5) is 27.7. The van der Waals surface area contributed by atoms with Gasteiger partial charge in [0.15, 0.2) is 5.76 Å². The zero-order valence-corrected chi connectivity index (χ0v) is 11.1. The zero-order chi connectivity index (χ0) is 14.7. The highest BCUT2D eigenvalue weighted by molar-refractivity contribution is 5.82. The summed E-state index contributed by atoms with van der Waals surface area (Å²) in [5.74, 6) is -0.112. The van der Waals surface area contributed by atoms with E-state index in [9.17, 15) is 9.59 Å². The van der Waals surface area contributed by atoms with Gasteiger partial charge in [0, 0.05) is 7.05 Å².